The zero-order valence-corrected chi connectivity index (χ0v) is 14.0. The highest BCUT2D eigenvalue weighted by molar-refractivity contribution is 9.10. The predicted molar refractivity (Wildman–Crippen MR) is 82.9 cm³/mol. The summed E-state index contributed by atoms with van der Waals surface area (Å²) in [5.74, 6) is -0.972. The Kier molecular flexibility index (Phi) is 7.18. The van der Waals surface area contributed by atoms with Crippen LogP contribution in [0.4, 0.5) is 0 Å². The number of thiophene rings is 1. The van der Waals surface area contributed by atoms with Crippen LogP contribution in [0.3, 0.4) is 0 Å². The van der Waals surface area contributed by atoms with Crippen LogP contribution in [0, 0.1) is 0 Å². The lowest BCUT2D eigenvalue weighted by Gasteiger charge is -2.23. The van der Waals surface area contributed by atoms with Crippen LogP contribution < -0.4 is 0 Å². The number of hydrogen-bond acceptors (Lipinski definition) is 4. The molecule has 1 amide bonds. The molecule has 0 atom stereocenters. The molecule has 0 radical (unpaired) electrons. The summed E-state index contributed by atoms with van der Waals surface area (Å²) in [4.78, 5) is 27.2. The normalized spacial score (nSPS) is 10.8. The number of nitrogens with zero attached hydrogens (tertiary/aromatic N) is 2. The lowest BCUT2D eigenvalue weighted by atomic mass is 10.3. The monoisotopic (exact) mass is 362 g/mol. The topological polar surface area (TPSA) is 60.9 Å². The van der Waals surface area contributed by atoms with Crippen LogP contribution in [0.25, 0.3) is 0 Å². The standard InChI is InChI=1S/C13H19BrN2O3S/c1-3-4-16(8-13(18)19)7-12(17)15(2)6-11-5-10(14)9-20-11/h5,9H,3-4,6-8H2,1-2H3,(H,18,19). The van der Waals surface area contributed by atoms with Gasteiger partial charge in [-0.25, -0.2) is 0 Å². The molecule has 112 valence electrons. The molecule has 0 fully saturated rings. The van der Waals surface area contributed by atoms with Gasteiger partial charge in [0.2, 0.25) is 5.91 Å². The van der Waals surface area contributed by atoms with Gasteiger partial charge in [0, 0.05) is 21.8 Å². The summed E-state index contributed by atoms with van der Waals surface area (Å²) in [6.07, 6.45) is 0.822. The van der Waals surface area contributed by atoms with Gasteiger partial charge in [-0.2, -0.15) is 0 Å². The minimum Gasteiger partial charge on any atom is -0.480 e. The zero-order valence-electron chi connectivity index (χ0n) is 11.6. The summed E-state index contributed by atoms with van der Waals surface area (Å²) in [5, 5.41) is 10.8. The number of carboxylic acid groups (broad SMARTS) is 1. The van der Waals surface area contributed by atoms with Gasteiger partial charge < -0.3 is 10.0 Å². The summed E-state index contributed by atoms with van der Waals surface area (Å²) >= 11 is 4.97. The highest BCUT2D eigenvalue weighted by Gasteiger charge is 2.16. The number of hydrogen-bond donors (Lipinski definition) is 1. The molecule has 0 saturated carbocycles. The number of aliphatic carboxylic acids is 1. The molecule has 0 aliphatic heterocycles. The second kappa shape index (κ2) is 8.39. The number of likely N-dealkylation sites (N-methyl/N-ethyl adjacent to an activating group) is 1. The Morgan fingerprint density at radius 3 is 2.60 bits per heavy atom. The van der Waals surface area contributed by atoms with Gasteiger partial charge in [-0.05, 0) is 35.0 Å². The largest absolute Gasteiger partial charge is 0.480 e. The average molecular weight is 363 g/mol. The van der Waals surface area contributed by atoms with E-state index < -0.39 is 5.97 Å². The summed E-state index contributed by atoms with van der Waals surface area (Å²) in [5.41, 5.74) is 0. The third-order valence-corrected chi connectivity index (χ3v) is 4.38. The Balaban J connectivity index is 2.52. The van der Waals surface area contributed by atoms with Gasteiger partial charge in [-0.3, -0.25) is 14.5 Å². The van der Waals surface area contributed by atoms with Crippen molar-refractivity contribution >= 4 is 39.1 Å². The molecule has 1 heterocycles. The molecule has 0 aromatic carbocycles. The van der Waals surface area contributed by atoms with Crippen LogP contribution in [-0.4, -0.2) is 53.5 Å². The van der Waals surface area contributed by atoms with E-state index in [-0.39, 0.29) is 19.0 Å². The van der Waals surface area contributed by atoms with Gasteiger partial charge in [-0.1, -0.05) is 6.92 Å². The Morgan fingerprint density at radius 1 is 1.40 bits per heavy atom. The van der Waals surface area contributed by atoms with E-state index >= 15 is 0 Å². The van der Waals surface area contributed by atoms with Crippen LogP contribution in [0.1, 0.15) is 18.2 Å². The molecule has 0 aliphatic rings. The molecule has 0 unspecified atom stereocenters. The first-order chi connectivity index (χ1) is 9.42. The highest BCUT2D eigenvalue weighted by Crippen LogP contribution is 2.20. The van der Waals surface area contributed by atoms with Crippen LogP contribution in [0.5, 0.6) is 0 Å². The van der Waals surface area contributed by atoms with E-state index in [2.05, 4.69) is 15.9 Å². The van der Waals surface area contributed by atoms with Crippen molar-refractivity contribution in [2.24, 2.45) is 0 Å². The molecule has 0 aliphatic carbocycles. The number of amides is 1. The summed E-state index contributed by atoms with van der Waals surface area (Å²) < 4.78 is 1.01. The Morgan fingerprint density at radius 2 is 2.10 bits per heavy atom. The SMILES string of the molecule is CCCN(CC(=O)O)CC(=O)N(C)Cc1cc(Br)cs1. The van der Waals surface area contributed by atoms with E-state index in [4.69, 9.17) is 5.11 Å². The van der Waals surface area contributed by atoms with Crippen molar-refractivity contribution in [1.29, 1.82) is 0 Å². The molecule has 1 rings (SSSR count). The predicted octanol–water partition coefficient (Wildman–Crippen LogP) is 2.27. The Labute approximate surface area is 131 Å². The molecule has 0 saturated heterocycles. The smallest absolute Gasteiger partial charge is 0.317 e. The zero-order chi connectivity index (χ0) is 15.1. The molecular formula is C13H19BrN2O3S. The van der Waals surface area contributed by atoms with E-state index in [0.29, 0.717) is 13.1 Å². The number of carbonyl (C=O) groups is 2. The average Bonchev–Trinajstić information content (AvgIpc) is 2.74. The van der Waals surface area contributed by atoms with Crippen molar-refractivity contribution in [3.05, 3.63) is 20.8 Å². The Bertz CT molecular complexity index is 464. The first-order valence-corrected chi connectivity index (χ1v) is 8.00. The number of rotatable bonds is 8. The molecule has 1 aromatic rings. The molecule has 20 heavy (non-hydrogen) atoms. The first kappa shape index (κ1) is 17.1. The fourth-order valence-corrected chi connectivity index (χ4v) is 3.30. The van der Waals surface area contributed by atoms with Gasteiger partial charge in [0.05, 0.1) is 19.6 Å². The van der Waals surface area contributed by atoms with Crippen LogP contribution >= 0.6 is 27.3 Å². The van der Waals surface area contributed by atoms with Crippen molar-refractivity contribution in [3.8, 4) is 0 Å². The lowest BCUT2D eigenvalue weighted by molar-refractivity contribution is -0.139. The molecule has 1 N–H and O–H groups in total. The van der Waals surface area contributed by atoms with Crippen molar-refractivity contribution in [3.63, 3.8) is 0 Å². The van der Waals surface area contributed by atoms with Gasteiger partial charge in [-0.15, -0.1) is 11.3 Å². The minimum atomic E-state index is -0.906. The molecule has 0 spiro atoms. The van der Waals surface area contributed by atoms with Crippen LogP contribution in [0.15, 0.2) is 15.9 Å². The van der Waals surface area contributed by atoms with E-state index in [1.54, 1.807) is 28.2 Å². The van der Waals surface area contributed by atoms with Crippen molar-refractivity contribution in [1.82, 2.24) is 9.80 Å². The maximum atomic E-state index is 12.1. The Hall–Kier alpha value is -0.920. The molecule has 0 bridgehead atoms. The number of carboxylic acids is 1. The first-order valence-electron chi connectivity index (χ1n) is 6.33. The van der Waals surface area contributed by atoms with Crippen LogP contribution in [-0.2, 0) is 16.1 Å². The molecular weight excluding hydrogens is 344 g/mol. The second-order valence-electron chi connectivity index (χ2n) is 4.59. The summed E-state index contributed by atoms with van der Waals surface area (Å²) in [6.45, 7) is 3.16. The van der Waals surface area contributed by atoms with Gasteiger partial charge >= 0.3 is 5.97 Å². The molecule has 7 heteroatoms. The molecule has 1 aromatic heterocycles. The number of halogens is 1. The van der Waals surface area contributed by atoms with E-state index in [1.807, 2.05) is 18.4 Å². The maximum absolute atomic E-state index is 12.1. The number of carbonyl (C=O) groups excluding carboxylic acids is 1. The fraction of sp³-hybridized carbons (Fsp3) is 0.538. The van der Waals surface area contributed by atoms with Crippen molar-refractivity contribution < 1.29 is 14.7 Å². The second-order valence-corrected chi connectivity index (χ2v) is 6.50. The highest BCUT2D eigenvalue weighted by atomic mass is 79.9. The van der Waals surface area contributed by atoms with Crippen molar-refractivity contribution in [2.45, 2.75) is 19.9 Å². The van der Waals surface area contributed by atoms with E-state index in [1.165, 1.54) is 0 Å². The maximum Gasteiger partial charge on any atom is 0.317 e. The molecule has 5 nitrogen and oxygen atoms in total. The van der Waals surface area contributed by atoms with Gasteiger partial charge in [0.1, 0.15) is 0 Å². The summed E-state index contributed by atoms with van der Waals surface area (Å²) in [7, 11) is 1.74. The lowest BCUT2D eigenvalue weighted by Crippen LogP contribution is -2.40. The van der Waals surface area contributed by atoms with Gasteiger partial charge in [0.15, 0.2) is 0 Å². The van der Waals surface area contributed by atoms with Gasteiger partial charge in [0.25, 0.3) is 0 Å². The third kappa shape index (κ3) is 6.02. The van der Waals surface area contributed by atoms with Crippen molar-refractivity contribution in [2.75, 3.05) is 26.7 Å². The third-order valence-electron chi connectivity index (χ3n) is 2.70. The van der Waals surface area contributed by atoms with Crippen LogP contribution in [0.2, 0.25) is 0 Å². The quantitative estimate of drug-likeness (QED) is 0.770. The van der Waals surface area contributed by atoms with E-state index in [9.17, 15) is 9.59 Å². The fourth-order valence-electron chi connectivity index (χ4n) is 1.79. The minimum absolute atomic E-state index is 0.0655. The van der Waals surface area contributed by atoms with E-state index in [0.717, 1.165) is 15.8 Å². The summed E-state index contributed by atoms with van der Waals surface area (Å²) in [6, 6.07) is 1.98.